The van der Waals surface area contributed by atoms with Gasteiger partial charge in [0.25, 0.3) is 0 Å². The van der Waals surface area contributed by atoms with Gasteiger partial charge in [0, 0.05) is 36.3 Å². The summed E-state index contributed by atoms with van der Waals surface area (Å²) in [7, 11) is 0. The Bertz CT molecular complexity index is 759. The number of hydrogen-bond donors (Lipinski definition) is 1. The van der Waals surface area contributed by atoms with Crippen LogP contribution in [0.15, 0.2) is 42.5 Å². The molecule has 2 aromatic rings. The van der Waals surface area contributed by atoms with Crippen LogP contribution in [-0.4, -0.2) is 18.4 Å². The van der Waals surface area contributed by atoms with E-state index in [1.165, 1.54) is 6.92 Å². The van der Waals surface area contributed by atoms with Gasteiger partial charge in [0.05, 0.1) is 0 Å². The number of nitrogens with one attached hydrogen (secondary N) is 1. The van der Waals surface area contributed by atoms with Crippen LogP contribution in [0, 0.1) is 13.8 Å². The van der Waals surface area contributed by atoms with Crippen molar-refractivity contribution in [2.24, 2.45) is 0 Å². The zero-order chi connectivity index (χ0) is 17.7. The van der Waals surface area contributed by atoms with Crippen molar-refractivity contribution in [2.45, 2.75) is 27.2 Å². The molecule has 2 aromatic carbocycles. The molecule has 0 saturated carbocycles. The van der Waals surface area contributed by atoms with Crippen molar-refractivity contribution in [1.82, 2.24) is 0 Å². The summed E-state index contributed by atoms with van der Waals surface area (Å²) in [6, 6.07) is 13.0. The largest absolute Gasteiger partial charge is 0.326 e. The first kappa shape index (κ1) is 18.0. The highest BCUT2D eigenvalue weighted by atomic mass is 35.5. The standard InChI is InChI=1S/C19H21ClN2O2/c1-13-8-9-16(12-17(13)20)22(15(3)23)11-10-19(24)21-18-7-5-4-6-14(18)2/h4-9,12H,10-11H2,1-3H3,(H,21,24). The molecule has 0 saturated heterocycles. The molecule has 0 radical (unpaired) electrons. The Hall–Kier alpha value is -2.33. The minimum atomic E-state index is -0.131. The Morgan fingerprint density at radius 2 is 1.79 bits per heavy atom. The average molecular weight is 345 g/mol. The predicted molar refractivity (Wildman–Crippen MR) is 98.6 cm³/mol. The molecule has 1 N–H and O–H groups in total. The molecular weight excluding hydrogens is 324 g/mol. The SMILES string of the molecule is CC(=O)N(CCC(=O)Nc1ccccc1C)c1ccc(C)c(Cl)c1. The molecule has 2 rings (SSSR count). The van der Waals surface area contributed by atoms with Crippen LogP contribution in [0.2, 0.25) is 5.02 Å². The van der Waals surface area contributed by atoms with E-state index in [2.05, 4.69) is 5.32 Å². The van der Waals surface area contributed by atoms with Gasteiger partial charge in [0.2, 0.25) is 11.8 Å². The Morgan fingerprint density at radius 1 is 1.08 bits per heavy atom. The van der Waals surface area contributed by atoms with E-state index >= 15 is 0 Å². The van der Waals surface area contributed by atoms with Gasteiger partial charge in [-0.25, -0.2) is 0 Å². The minimum absolute atomic E-state index is 0.126. The number of aryl methyl sites for hydroxylation is 2. The highest BCUT2D eigenvalue weighted by Crippen LogP contribution is 2.23. The van der Waals surface area contributed by atoms with Crippen LogP contribution < -0.4 is 10.2 Å². The molecule has 5 heteroatoms. The molecule has 0 aliphatic carbocycles. The van der Waals surface area contributed by atoms with E-state index < -0.39 is 0 Å². The van der Waals surface area contributed by atoms with Crippen LogP contribution in [0.4, 0.5) is 11.4 Å². The van der Waals surface area contributed by atoms with Gasteiger partial charge < -0.3 is 10.2 Å². The third-order valence-electron chi connectivity index (χ3n) is 3.83. The molecule has 0 fully saturated rings. The topological polar surface area (TPSA) is 49.4 Å². The molecular formula is C19H21ClN2O2. The predicted octanol–water partition coefficient (Wildman–Crippen LogP) is 4.34. The number of nitrogens with zero attached hydrogens (tertiary/aromatic N) is 1. The van der Waals surface area contributed by atoms with Gasteiger partial charge in [-0.3, -0.25) is 9.59 Å². The Kier molecular flexibility index (Phi) is 5.99. The number of benzene rings is 2. The highest BCUT2D eigenvalue weighted by molar-refractivity contribution is 6.31. The summed E-state index contributed by atoms with van der Waals surface area (Å²) >= 11 is 6.13. The highest BCUT2D eigenvalue weighted by Gasteiger charge is 2.14. The Morgan fingerprint density at radius 3 is 2.42 bits per heavy atom. The molecule has 24 heavy (non-hydrogen) atoms. The van der Waals surface area contributed by atoms with E-state index in [-0.39, 0.29) is 18.2 Å². The quantitative estimate of drug-likeness (QED) is 0.877. The second kappa shape index (κ2) is 7.97. The third kappa shape index (κ3) is 4.59. The second-order valence-corrected chi connectivity index (χ2v) is 6.12. The first-order valence-electron chi connectivity index (χ1n) is 7.78. The van der Waals surface area contributed by atoms with E-state index in [0.717, 1.165) is 16.8 Å². The molecule has 0 aliphatic heterocycles. The fourth-order valence-electron chi connectivity index (χ4n) is 2.36. The van der Waals surface area contributed by atoms with Gasteiger partial charge in [-0.2, -0.15) is 0 Å². The van der Waals surface area contributed by atoms with Crippen molar-refractivity contribution >= 4 is 34.8 Å². The number of halogens is 1. The summed E-state index contributed by atoms with van der Waals surface area (Å²) < 4.78 is 0. The van der Waals surface area contributed by atoms with E-state index in [4.69, 9.17) is 11.6 Å². The van der Waals surface area contributed by atoms with Gasteiger partial charge in [0.1, 0.15) is 0 Å². The zero-order valence-corrected chi connectivity index (χ0v) is 14.9. The van der Waals surface area contributed by atoms with Crippen LogP contribution in [-0.2, 0) is 9.59 Å². The molecule has 0 atom stereocenters. The number of carbonyl (C=O) groups excluding carboxylic acids is 2. The summed E-state index contributed by atoms with van der Waals surface area (Å²) in [5.41, 5.74) is 3.43. The van der Waals surface area contributed by atoms with Crippen LogP contribution >= 0.6 is 11.6 Å². The number of amides is 2. The van der Waals surface area contributed by atoms with Crippen molar-refractivity contribution in [2.75, 3.05) is 16.8 Å². The Labute approximate surface area is 147 Å². The fraction of sp³-hybridized carbons (Fsp3) is 0.263. The normalized spacial score (nSPS) is 10.3. The fourth-order valence-corrected chi connectivity index (χ4v) is 2.53. The smallest absolute Gasteiger partial charge is 0.226 e. The maximum atomic E-state index is 12.2. The van der Waals surface area contributed by atoms with E-state index in [0.29, 0.717) is 17.3 Å². The number of para-hydroxylation sites is 1. The molecule has 0 aliphatic rings. The van der Waals surface area contributed by atoms with Gasteiger partial charge in [0.15, 0.2) is 0 Å². The maximum Gasteiger partial charge on any atom is 0.226 e. The lowest BCUT2D eigenvalue weighted by Crippen LogP contribution is -2.32. The van der Waals surface area contributed by atoms with Crippen molar-refractivity contribution in [3.8, 4) is 0 Å². The number of carbonyl (C=O) groups is 2. The molecule has 126 valence electrons. The first-order chi connectivity index (χ1) is 11.4. The summed E-state index contributed by atoms with van der Waals surface area (Å²) in [5.74, 6) is -0.257. The number of rotatable bonds is 5. The molecule has 0 aromatic heterocycles. The molecule has 2 amide bonds. The summed E-state index contributed by atoms with van der Waals surface area (Å²) in [4.78, 5) is 25.6. The van der Waals surface area contributed by atoms with Gasteiger partial charge in [-0.1, -0.05) is 35.9 Å². The van der Waals surface area contributed by atoms with Gasteiger partial charge in [-0.15, -0.1) is 0 Å². The lowest BCUT2D eigenvalue weighted by atomic mass is 10.2. The van der Waals surface area contributed by atoms with Crippen LogP contribution in [0.3, 0.4) is 0 Å². The minimum Gasteiger partial charge on any atom is -0.326 e. The lowest BCUT2D eigenvalue weighted by molar-refractivity contribution is -0.117. The van der Waals surface area contributed by atoms with Crippen molar-refractivity contribution < 1.29 is 9.59 Å². The molecule has 0 unspecified atom stereocenters. The van der Waals surface area contributed by atoms with Crippen LogP contribution in [0.25, 0.3) is 0 Å². The van der Waals surface area contributed by atoms with Crippen molar-refractivity contribution in [1.29, 1.82) is 0 Å². The first-order valence-corrected chi connectivity index (χ1v) is 8.16. The van der Waals surface area contributed by atoms with Crippen LogP contribution in [0.5, 0.6) is 0 Å². The van der Waals surface area contributed by atoms with Gasteiger partial charge in [-0.05, 0) is 43.2 Å². The molecule has 0 bridgehead atoms. The number of anilines is 2. The van der Waals surface area contributed by atoms with E-state index in [1.807, 2.05) is 50.2 Å². The summed E-state index contributed by atoms with van der Waals surface area (Å²) in [6.07, 6.45) is 0.208. The van der Waals surface area contributed by atoms with Crippen LogP contribution in [0.1, 0.15) is 24.5 Å². The molecule has 0 spiro atoms. The van der Waals surface area contributed by atoms with Crippen molar-refractivity contribution in [3.05, 3.63) is 58.6 Å². The summed E-state index contributed by atoms with van der Waals surface area (Å²) in [6.45, 7) is 5.62. The van der Waals surface area contributed by atoms with Crippen molar-refractivity contribution in [3.63, 3.8) is 0 Å². The molecule has 4 nitrogen and oxygen atoms in total. The van der Waals surface area contributed by atoms with Gasteiger partial charge >= 0.3 is 0 Å². The van der Waals surface area contributed by atoms with E-state index in [9.17, 15) is 9.59 Å². The zero-order valence-electron chi connectivity index (χ0n) is 14.1. The second-order valence-electron chi connectivity index (χ2n) is 5.72. The molecule has 0 heterocycles. The third-order valence-corrected chi connectivity index (χ3v) is 4.24. The Balaban J connectivity index is 2.03. The number of hydrogen-bond acceptors (Lipinski definition) is 2. The van der Waals surface area contributed by atoms with E-state index in [1.54, 1.807) is 11.0 Å². The lowest BCUT2D eigenvalue weighted by Gasteiger charge is -2.21. The summed E-state index contributed by atoms with van der Waals surface area (Å²) in [5, 5.41) is 3.47. The maximum absolute atomic E-state index is 12.2. The average Bonchev–Trinajstić information content (AvgIpc) is 2.53. The monoisotopic (exact) mass is 344 g/mol.